The molecule has 0 saturated carbocycles. The second-order valence-electron chi connectivity index (χ2n) is 9.28. The van der Waals surface area contributed by atoms with Crippen molar-refractivity contribution in [3.8, 4) is 22.3 Å². The predicted octanol–water partition coefficient (Wildman–Crippen LogP) is 8.01. The quantitative estimate of drug-likeness (QED) is 0.276. The zero-order valence-electron chi connectivity index (χ0n) is 19.9. The topological polar surface area (TPSA) is 54.4 Å². The minimum Gasteiger partial charge on any atom is -0.481 e. The Morgan fingerprint density at radius 3 is 1.17 bits per heavy atom. The predicted molar refractivity (Wildman–Crippen MR) is 144 cm³/mol. The number of aliphatic carboxylic acids is 1. The van der Waals surface area contributed by atoms with Gasteiger partial charge in [0.05, 0.1) is 0 Å². The van der Waals surface area contributed by atoms with Crippen LogP contribution >= 0.6 is 11.6 Å². The van der Waals surface area contributed by atoms with Crippen molar-refractivity contribution in [1.29, 1.82) is 0 Å². The Kier molecular flexibility index (Phi) is 7.02. The number of fused-ring (bicyclic) bond motifs is 6. The maximum Gasteiger partial charge on any atom is 0.303 e. The molecule has 0 spiro atoms. The molecule has 0 unspecified atom stereocenters. The third-order valence-corrected chi connectivity index (χ3v) is 7.39. The van der Waals surface area contributed by atoms with E-state index in [-0.39, 0.29) is 17.6 Å². The van der Waals surface area contributed by atoms with Gasteiger partial charge in [-0.05, 0) is 69.0 Å². The number of rotatable bonds is 6. The summed E-state index contributed by atoms with van der Waals surface area (Å²) in [7, 11) is 0. The van der Waals surface area contributed by atoms with Crippen LogP contribution in [0.1, 0.15) is 59.8 Å². The third kappa shape index (κ3) is 4.72. The zero-order chi connectivity index (χ0) is 25.1. The highest BCUT2D eigenvalue weighted by Gasteiger charge is 2.29. The first-order chi connectivity index (χ1) is 17.5. The van der Waals surface area contributed by atoms with Gasteiger partial charge in [-0.25, -0.2) is 0 Å². The number of carbonyl (C=O) groups excluding carboxylic acids is 1. The van der Waals surface area contributed by atoms with Crippen molar-refractivity contribution in [2.45, 2.75) is 37.5 Å². The average Bonchev–Trinajstić information content (AvgIpc) is 3.39. The van der Waals surface area contributed by atoms with Gasteiger partial charge in [-0.15, -0.1) is 0 Å². The molecule has 2 aliphatic rings. The van der Waals surface area contributed by atoms with Crippen molar-refractivity contribution in [3.05, 3.63) is 119 Å². The van der Waals surface area contributed by atoms with Crippen molar-refractivity contribution < 1.29 is 14.7 Å². The van der Waals surface area contributed by atoms with Crippen LogP contribution < -0.4 is 0 Å². The van der Waals surface area contributed by atoms with E-state index in [2.05, 4.69) is 72.8 Å². The lowest BCUT2D eigenvalue weighted by atomic mass is 9.92. The molecule has 4 aromatic carbocycles. The molecular weight excluding hydrogens is 468 g/mol. The Labute approximate surface area is 216 Å². The number of carboxylic acids is 1. The third-order valence-electron chi connectivity index (χ3n) is 7.20. The number of hydrogen-bond donors (Lipinski definition) is 1. The summed E-state index contributed by atoms with van der Waals surface area (Å²) in [6.07, 6.45) is 2.10. The molecule has 6 rings (SSSR count). The number of carbonyl (C=O) groups is 2. The highest BCUT2D eigenvalue weighted by atomic mass is 35.5. The van der Waals surface area contributed by atoms with E-state index in [1.165, 1.54) is 44.5 Å². The minimum absolute atomic E-state index is 0.216. The summed E-state index contributed by atoms with van der Waals surface area (Å²) in [6.45, 7) is 0. The number of hydrogen-bond acceptors (Lipinski definition) is 2. The van der Waals surface area contributed by atoms with Crippen molar-refractivity contribution in [2.75, 3.05) is 0 Å². The van der Waals surface area contributed by atoms with Crippen LogP contribution in [0.2, 0.25) is 0 Å². The largest absolute Gasteiger partial charge is 0.481 e. The van der Waals surface area contributed by atoms with Gasteiger partial charge in [-0.3, -0.25) is 9.59 Å². The molecule has 4 heteroatoms. The molecule has 0 atom stereocenters. The van der Waals surface area contributed by atoms with Crippen LogP contribution in [-0.4, -0.2) is 16.3 Å². The summed E-state index contributed by atoms with van der Waals surface area (Å²) >= 11 is 5.47. The SMILES string of the molecule is O=C(Cl)CCC1c2ccccc2-c2ccccc21.O=C(O)CCC1c2ccccc2-c2ccccc21. The standard InChI is InChI=1S/C16H13ClO.C16H14O2/c2*17-16(18)10-9-15-13-7-3-1-5-11(13)12-6-2-4-8-14(12)15/h1-8,15H,9-10H2;1-8,15H,9-10H2,(H,17,18). The normalized spacial score (nSPS) is 13.1. The van der Waals surface area contributed by atoms with E-state index in [9.17, 15) is 9.59 Å². The highest BCUT2D eigenvalue weighted by Crippen LogP contribution is 2.47. The maximum absolute atomic E-state index is 11.0. The van der Waals surface area contributed by atoms with Gasteiger partial charge in [0, 0.05) is 24.7 Å². The van der Waals surface area contributed by atoms with Crippen LogP contribution in [0, 0.1) is 0 Å². The molecule has 180 valence electrons. The van der Waals surface area contributed by atoms with Gasteiger partial charge >= 0.3 is 5.97 Å². The Balaban J connectivity index is 0.000000148. The van der Waals surface area contributed by atoms with E-state index < -0.39 is 5.97 Å². The van der Waals surface area contributed by atoms with Crippen LogP contribution in [0.15, 0.2) is 97.1 Å². The van der Waals surface area contributed by atoms with Crippen LogP contribution in [-0.2, 0) is 9.59 Å². The average molecular weight is 495 g/mol. The molecule has 3 nitrogen and oxygen atoms in total. The lowest BCUT2D eigenvalue weighted by molar-refractivity contribution is -0.137. The number of halogens is 1. The number of benzene rings is 4. The van der Waals surface area contributed by atoms with Gasteiger partial charge < -0.3 is 5.11 Å². The van der Waals surface area contributed by atoms with Gasteiger partial charge in [-0.2, -0.15) is 0 Å². The molecule has 0 saturated heterocycles. The molecule has 0 amide bonds. The van der Waals surface area contributed by atoms with Crippen LogP contribution in [0.4, 0.5) is 0 Å². The summed E-state index contributed by atoms with van der Waals surface area (Å²) in [5, 5.41) is 8.62. The van der Waals surface area contributed by atoms with E-state index in [1.54, 1.807) is 0 Å². The van der Waals surface area contributed by atoms with Crippen molar-refractivity contribution in [2.24, 2.45) is 0 Å². The zero-order valence-corrected chi connectivity index (χ0v) is 20.6. The second-order valence-corrected chi connectivity index (χ2v) is 9.70. The molecule has 0 bridgehead atoms. The molecule has 2 aliphatic carbocycles. The monoisotopic (exact) mass is 494 g/mol. The lowest BCUT2D eigenvalue weighted by Crippen LogP contribution is -2.01. The van der Waals surface area contributed by atoms with E-state index in [0.29, 0.717) is 18.8 Å². The Hall–Kier alpha value is -3.69. The first-order valence-electron chi connectivity index (χ1n) is 12.3. The van der Waals surface area contributed by atoms with Crippen molar-refractivity contribution in [1.82, 2.24) is 0 Å². The van der Waals surface area contributed by atoms with Gasteiger partial charge in [0.2, 0.25) is 5.24 Å². The molecule has 36 heavy (non-hydrogen) atoms. The summed E-state index contributed by atoms with van der Waals surface area (Å²) in [5.74, 6) is -0.189. The smallest absolute Gasteiger partial charge is 0.303 e. The summed E-state index contributed by atoms with van der Waals surface area (Å²) in [5.41, 5.74) is 10.3. The molecular formula is C32H27ClO3. The van der Waals surface area contributed by atoms with E-state index in [4.69, 9.17) is 16.7 Å². The van der Waals surface area contributed by atoms with Gasteiger partial charge in [0.1, 0.15) is 0 Å². The summed E-state index contributed by atoms with van der Waals surface area (Å²) < 4.78 is 0. The Morgan fingerprint density at radius 2 is 0.861 bits per heavy atom. The van der Waals surface area contributed by atoms with E-state index in [0.717, 1.165) is 6.42 Å². The molecule has 1 N–H and O–H groups in total. The fraction of sp³-hybridized carbons (Fsp3) is 0.188. The lowest BCUT2D eigenvalue weighted by Gasteiger charge is -2.11. The summed E-state index contributed by atoms with van der Waals surface area (Å²) in [4.78, 5) is 21.8. The molecule has 0 fully saturated rings. The molecule has 0 aromatic heterocycles. The Bertz CT molecular complexity index is 1220. The fourth-order valence-corrected chi connectivity index (χ4v) is 5.78. The van der Waals surface area contributed by atoms with Crippen molar-refractivity contribution >= 4 is 22.8 Å². The van der Waals surface area contributed by atoms with Crippen LogP contribution in [0.3, 0.4) is 0 Å². The summed E-state index contributed by atoms with van der Waals surface area (Å²) in [6, 6.07) is 33.4. The maximum atomic E-state index is 11.0. The highest BCUT2D eigenvalue weighted by molar-refractivity contribution is 6.63. The first kappa shape index (κ1) is 24.0. The minimum atomic E-state index is -0.725. The van der Waals surface area contributed by atoms with Gasteiger partial charge in [0.25, 0.3) is 0 Å². The van der Waals surface area contributed by atoms with Crippen molar-refractivity contribution in [3.63, 3.8) is 0 Å². The molecule has 0 radical (unpaired) electrons. The van der Waals surface area contributed by atoms with Crippen LogP contribution in [0.5, 0.6) is 0 Å². The van der Waals surface area contributed by atoms with E-state index in [1.807, 2.05) is 24.3 Å². The van der Waals surface area contributed by atoms with Gasteiger partial charge in [0.15, 0.2) is 0 Å². The second kappa shape index (κ2) is 10.5. The Morgan fingerprint density at radius 1 is 0.556 bits per heavy atom. The molecule has 4 aromatic rings. The fourth-order valence-electron chi connectivity index (χ4n) is 5.67. The molecule has 0 heterocycles. The first-order valence-corrected chi connectivity index (χ1v) is 12.7. The molecule has 0 aliphatic heterocycles. The van der Waals surface area contributed by atoms with Crippen LogP contribution in [0.25, 0.3) is 22.3 Å². The van der Waals surface area contributed by atoms with E-state index >= 15 is 0 Å². The number of carboxylic acid groups (broad SMARTS) is 1. The van der Waals surface area contributed by atoms with Gasteiger partial charge in [-0.1, -0.05) is 97.1 Å².